The van der Waals surface area contributed by atoms with E-state index >= 15 is 0 Å². The number of benzene rings is 1. The van der Waals surface area contributed by atoms with Gasteiger partial charge in [0, 0.05) is 24.8 Å². The Labute approximate surface area is 107 Å². The molecule has 1 fully saturated rings. The number of anilines is 1. The second-order valence-corrected chi connectivity index (χ2v) is 5.19. The van der Waals surface area contributed by atoms with Crippen molar-refractivity contribution < 1.29 is 4.39 Å². The first-order chi connectivity index (χ1) is 8.08. The fourth-order valence-electron chi connectivity index (χ4n) is 2.40. The van der Waals surface area contributed by atoms with Crippen molar-refractivity contribution in [1.82, 2.24) is 0 Å². The van der Waals surface area contributed by atoms with Crippen LogP contribution in [0.5, 0.6) is 0 Å². The molecule has 0 aromatic heterocycles. The molecule has 0 amide bonds. The van der Waals surface area contributed by atoms with Crippen LogP contribution >= 0.6 is 11.6 Å². The van der Waals surface area contributed by atoms with Gasteiger partial charge in [-0.3, -0.25) is 0 Å². The Balaban J connectivity index is 2.08. The minimum Gasteiger partial charge on any atom is -0.372 e. The summed E-state index contributed by atoms with van der Waals surface area (Å²) >= 11 is 5.80. The van der Waals surface area contributed by atoms with Gasteiger partial charge in [-0.05, 0) is 43.9 Å². The van der Waals surface area contributed by atoms with E-state index in [1.54, 1.807) is 12.1 Å². The summed E-state index contributed by atoms with van der Waals surface area (Å²) in [7, 11) is 2.03. The van der Waals surface area contributed by atoms with E-state index in [1.165, 1.54) is 6.07 Å². The highest BCUT2D eigenvalue weighted by molar-refractivity contribution is 6.31. The fourth-order valence-corrected chi connectivity index (χ4v) is 2.58. The number of halogens is 2. The minimum absolute atomic E-state index is 0.182. The molecule has 1 aromatic rings. The average molecular weight is 257 g/mol. The lowest BCUT2D eigenvalue weighted by Gasteiger charge is -2.35. The van der Waals surface area contributed by atoms with Crippen molar-refractivity contribution >= 4 is 17.3 Å². The second kappa shape index (κ2) is 5.23. The summed E-state index contributed by atoms with van der Waals surface area (Å²) in [5.74, 6) is -0.366. The second-order valence-electron chi connectivity index (χ2n) is 4.78. The van der Waals surface area contributed by atoms with Crippen LogP contribution in [-0.4, -0.2) is 19.1 Å². The predicted octanol–water partition coefficient (Wildman–Crippen LogP) is 3.19. The number of hydrogen-bond acceptors (Lipinski definition) is 2. The third-order valence-corrected chi connectivity index (χ3v) is 3.89. The Kier molecular flexibility index (Phi) is 3.89. The number of rotatable bonds is 2. The Morgan fingerprint density at radius 1 is 1.29 bits per heavy atom. The molecule has 1 aromatic carbocycles. The molecule has 17 heavy (non-hydrogen) atoms. The first kappa shape index (κ1) is 12.7. The predicted molar refractivity (Wildman–Crippen MR) is 70.0 cm³/mol. The van der Waals surface area contributed by atoms with Gasteiger partial charge in [-0.15, -0.1) is 0 Å². The van der Waals surface area contributed by atoms with Crippen LogP contribution in [0.25, 0.3) is 0 Å². The summed E-state index contributed by atoms with van der Waals surface area (Å²) in [6.07, 6.45) is 4.30. The minimum atomic E-state index is -0.366. The smallest absolute Gasteiger partial charge is 0.141 e. The van der Waals surface area contributed by atoms with Gasteiger partial charge < -0.3 is 10.6 Å². The largest absolute Gasteiger partial charge is 0.372 e. The van der Waals surface area contributed by atoms with Crippen molar-refractivity contribution in [3.8, 4) is 0 Å². The first-order valence-corrected chi connectivity index (χ1v) is 6.39. The summed E-state index contributed by atoms with van der Waals surface area (Å²) in [5, 5.41) is 0.182. The molecule has 2 rings (SSSR count). The molecule has 0 saturated heterocycles. The molecule has 0 atom stereocenters. The molecule has 94 valence electrons. The number of nitrogens with two attached hydrogens (primary N) is 1. The molecule has 0 heterocycles. The molecule has 0 bridgehead atoms. The summed E-state index contributed by atoms with van der Waals surface area (Å²) in [6, 6.07) is 5.71. The Hall–Kier alpha value is -0.800. The highest BCUT2D eigenvalue weighted by Gasteiger charge is 2.22. The molecule has 2 N–H and O–H groups in total. The van der Waals surface area contributed by atoms with E-state index in [2.05, 4.69) is 4.90 Å². The Morgan fingerprint density at radius 2 is 1.94 bits per heavy atom. The van der Waals surface area contributed by atoms with Crippen molar-refractivity contribution in [3.05, 3.63) is 29.0 Å². The molecule has 0 radical (unpaired) electrons. The average Bonchev–Trinajstić information content (AvgIpc) is 2.33. The zero-order chi connectivity index (χ0) is 12.4. The lowest BCUT2D eigenvalue weighted by molar-refractivity contribution is 0.385. The number of nitrogens with zero attached hydrogens (tertiary/aromatic N) is 1. The van der Waals surface area contributed by atoms with Gasteiger partial charge in [0.25, 0.3) is 0 Å². The van der Waals surface area contributed by atoms with Crippen LogP contribution in [0.3, 0.4) is 0 Å². The van der Waals surface area contributed by atoms with E-state index in [-0.39, 0.29) is 10.8 Å². The van der Waals surface area contributed by atoms with Crippen molar-refractivity contribution in [2.45, 2.75) is 37.8 Å². The maximum Gasteiger partial charge on any atom is 0.141 e. The van der Waals surface area contributed by atoms with Crippen molar-refractivity contribution in [3.63, 3.8) is 0 Å². The molecule has 1 aliphatic rings. The van der Waals surface area contributed by atoms with Gasteiger partial charge in [0.2, 0.25) is 0 Å². The van der Waals surface area contributed by atoms with Crippen molar-refractivity contribution in [2.24, 2.45) is 5.73 Å². The molecule has 1 aliphatic carbocycles. The van der Waals surface area contributed by atoms with Crippen LogP contribution in [0.2, 0.25) is 5.02 Å². The zero-order valence-corrected chi connectivity index (χ0v) is 10.8. The monoisotopic (exact) mass is 256 g/mol. The van der Waals surface area contributed by atoms with Gasteiger partial charge >= 0.3 is 0 Å². The van der Waals surface area contributed by atoms with Crippen LogP contribution in [0.1, 0.15) is 25.7 Å². The molecule has 1 saturated carbocycles. The quantitative estimate of drug-likeness (QED) is 0.881. The Bertz CT molecular complexity index is 389. The third-order valence-electron chi connectivity index (χ3n) is 3.60. The fraction of sp³-hybridized carbons (Fsp3) is 0.538. The molecule has 4 heteroatoms. The number of hydrogen-bond donors (Lipinski definition) is 1. The normalized spacial score (nSPS) is 24.7. The molecule has 0 aliphatic heterocycles. The topological polar surface area (TPSA) is 29.3 Å². The van der Waals surface area contributed by atoms with E-state index in [4.69, 9.17) is 17.3 Å². The standard InChI is InChI=1S/C13H18ClFN2/c1-17(10-4-2-9(16)3-5-10)11-6-7-13(15)12(14)8-11/h6-10H,2-5,16H2,1H3. The highest BCUT2D eigenvalue weighted by atomic mass is 35.5. The van der Waals surface area contributed by atoms with E-state index in [0.29, 0.717) is 12.1 Å². The van der Waals surface area contributed by atoms with Crippen molar-refractivity contribution in [2.75, 3.05) is 11.9 Å². The van der Waals surface area contributed by atoms with Crippen LogP contribution in [0.15, 0.2) is 18.2 Å². The van der Waals surface area contributed by atoms with E-state index in [9.17, 15) is 4.39 Å². The SMILES string of the molecule is CN(c1ccc(F)c(Cl)c1)C1CCC(N)CC1. The van der Waals surface area contributed by atoms with Gasteiger partial charge in [0.15, 0.2) is 0 Å². The highest BCUT2D eigenvalue weighted by Crippen LogP contribution is 2.28. The maximum atomic E-state index is 13.1. The van der Waals surface area contributed by atoms with Gasteiger partial charge in [-0.2, -0.15) is 0 Å². The molecule has 0 unspecified atom stereocenters. The van der Waals surface area contributed by atoms with Gasteiger partial charge in [-0.25, -0.2) is 4.39 Å². The molecule has 2 nitrogen and oxygen atoms in total. The Morgan fingerprint density at radius 3 is 2.53 bits per heavy atom. The van der Waals surface area contributed by atoms with Crippen LogP contribution < -0.4 is 10.6 Å². The zero-order valence-electron chi connectivity index (χ0n) is 10.00. The van der Waals surface area contributed by atoms with E-state index in [1.807, 2.05) is 7.05 Å². The third kappa shape index (κ3) is 2.90. The molecular weight excluding hydrogens is 239 g/mol. The van der Waals surface area contributed by atoms with E-state index < -0.39 is 0 Å². The lowest BCUT2D eigenvalue weighted by Crippen LogP contribution is -2.38. The van der Waals surface area contributed by atoms with Crippen LogP contribution in [-0.2, 0) is 0 Å². The van der Waals surface area contributed by atoms with Gasteiger partial charge in [0.1, 0.15) is 5.82 Å². The van der Waals surface area contributed by atoms with Gasteiger partial charge in [0.05, 0.1) is 5.02 Å². The maximum absolute atomic E-state index is 13.1. The molecular formula is C13H18ClFN2. The summed E-state index contributed by atoms with van der Waals surface area (Å²) in [5.41, 5.74) is 6.86. The lowest BCUT2D eigenvalue weighted by atomic mass is 9.91. The van der Waals surface area contributed by atoms with Crippen LogP contribution in [0.4, 0.5) is 10.1 Å². The van der Waals surface area contributed by atoms with Crippen LogP contribution in [0, 0.1) is 5.82 Å². The summed E-state index contributed by atoms with van der Waals surface area (Å²) < 4.78 is 13.1. The molecule has 0 spiro atoms. The summed E-state index contributed by atoms with van der Waals surface area (Å²) in [6.45, 7) is 0. The van der Waals surface area contributed by atoms with Gasteiger partial charge in [-0.1, -0.05) is 11.6 Å². The first-order valence-electron chi connectivity index (χ1n) is 6.01. The summed E-state index contributed by atoms with van der Waals surface area (Å²) in [4.78, 5) is 2.18. The van der Waals surface area contributed by atoms with Crippen molar-refractivity contribution in [1.29, 1.82) is 0 Å². The van der Waals surface area contributed by atoms with E-state index in [0.717, 1.165) is 31.4 Å².